The summed E-state index contributed by atoms with van der Waals surface area (Å²) in [6.07, 6.45) is 1.79. The lowest BCUT2D eigenvalue weighted by Gasteiger charge is -2.34. The number of hydrogen-bond acceptors (Lipinski definition) is 3. The Morgan fingerprint density at radius 1 is 1.41 bits per heavy atom. The minimum atomic E-state index is 0.479. The number of nitrogens with zero attached hydrogens (tertiary/aromatic N) is 1. The van der Waals surface area contributed by atoms with Gasteiger partial charge in [0.1, 0.15) is 5.75 Å². The molecule has 6 heteroatoms. The first kappa shape index (κ1) is 16.4. The molecule has 0 spiro atoms. The standard InChI is InChI=1S/C16H17ClN2O2S/c1-9(6-10(2)20-4)19-11(3)12-7-13(17)15(21-5)8-14(12)18-16(19)22/h6-8H,1,3H2,2,4-5H3,(H,18,22)/b10-6+. The number of ether oxygens (including phenoxy) is 2. The number of nitrogens with one attached hydrogen (secondary N) is 1. The van der Waals surface area contributed by atoms with E-state index in [1.54, 1.807) is 37.3 Å². The highest BCUT2D eigenvalue weighted by molar-refractivity contribution is 7.80. The summed E-state index contributed by atoms with van der Waals surface area (Å²) in [5.74, 6) is 1.30. The Morgan fingerprint density at radius 2 is 2.09 bits per heavy atom. The summed E-state index contributed by atoms with van der Waals surface area (Å²) in [6, 6.07) is 3.59. The molecule has 0 atom stereocenters. The van der Waals surface area contributed by atoms with Gasteiger partial charge in [-0.2, -0.15) is 0 Å². The van der Waals surface area contributed by atoms with E-state index in [9.17, 15) is 0 Å². The molecule has 1 heterocycles. The molecule has 1 aliphatic rings. The molecule has 116 valence electrons. The Bertz CT molecular complexity index is 698. The number of halogens is 1. The molecule has 1 aliphatic heterocycles. The quantitative estimate of drug-likeness (QED) is 0.501. The molecule has 1 aromatic rings. The maximum atomic E-state index is 6.20. The highest BCUT2D eigenvalue weighted by atomic mass is 35.5. The molecule has 0 saturated carbocycles. The van der Waals surface area contributed by atoms with Crippen molar-refractivity contribution < 1.29 is 9.47 Å². The lowest BCUT2D eigenvalue weighted by molar-refractivity contribution is 0.293. The van der Waals surface area contributed by atoms with Gasteiger partial charge in [0.25, 0.3) is 0 Å². The van der Waals surface area contributed by atoms with E-state index in [0.717, 1.165) is 17.0 Å². The molecule has 0 unspecified atom stereocenters. The van der Waals surface area contributed by atoms with E-state index in [1.165, 1.54) is 0 Å². The normalized spacial score (nSPS) is 14.4. The van der Waals surface area contributed by atoms with Crippen molar-refractivity contribution >= 4 is 40.3 Å². The van der Waals surface area contributed by atoms with Crippen LogP contribution in [0, 0.1) is 0 Å². The lowest BCUT2D eigenvalue weighted by Crippen LogP contribution is -2.36. The van der Waals surface area contributed by atoms with Gasteiger partial charge in [0.15, 0.2) is 5.11 Å². The molecular formula is C16H17ClN2O2S. The zero-order valence-electron chi connectivity index (χ0n) is 12.7. The van der Waals surface area contributed by atoms with Crippen molar-refractivity contribution in [3.63, 3.8) is 0 Å². The molecule has 1 N–H and O–H groups in total. The average Bonchev–Trinajstić information content (AvgIpc) is 2.47. The molecular weight excluding hydrogens is 320 g/mol. The summed E-state index contributed by atoms with van der Waals surface area (Å²) in [6.45, 7) is 9.96. The van der Waals surface area contributed by atoms with Gasteiger partial charge in [0, 0.05) is 17.3 Å². The molecule has 1 aromatic carbocycles. The first-order valence-electron chi connectivity index (χ1n) is 6.48. The molecule has 22 heavy (non-hydrogen) atoms. The van der Waals surface area contributed by atoms with Crippen LogP contribution in [0.1, 0.15) is 12.5 Å². The van der Waals surface area contributed by atoms with Crippen LogP contribution in [0.4, 0.5) is 5.69 Å². The first-order chi connectivity index (χ1) is 10.4. The largest absolute Gasteiger partial charge is 0.501 e. The highest BCUT2D eigenvalue weighted by Gasteiger charge is 2.26. The summed E-state index contributed by atoms with van der Waals surface area (Å²) < 4.78 is 10.4. The van der Waals surface area contributed by atoms with E-state index >= 15 is 0 Å². The van der Waals surface area contributed by atoms with Gasteiger partial charge >= 0.3 is 0 Å². The van der Waals surface area contributed by atoms with E-state index in [2.05, 4.69) is 18.5 Å². The van der Waals surface area contributed by atoms with E-state index in [0.29, 0.717) is 27.3 Å². The maximum Gasteiger partial charge on any atom is 0.182 e. The molecule has 0 aliphatic carbocycles. The van der Waals surface area contributed by atoms with E-state index in [4.69, 9.17) is 33.3 Å². The van der Waals surface area contributed by atoms with Gasteiger partial charge < -0.3 is 14.8 Å². The predicted octanol–water partition coefficient (Wildman–Crippen LogP) is 4.40. The summed E-state index contributed by atoms with van der Waals surface area (Å²) in [5.41, 5.74) is 2.98. The fourth-order valence-electron chi connectivity index (χ4n) is 2.13. The number of fused-ring (bicyclic) bond motifs is 1. The number of rotatable bonds is 4. The van der Waals surface area contributed by atoms with E-state index < -0.39 is 0 Å². The van der Waals surface area contributed by atoms with Crippen LogP contribution in [0.25, 0.3) is 5.70 Å². The van der Waals surface area contributed by atoms with Crippen molar-refractivity contribution in [1.82, 2.24) is 4.90 Å². The fourth-order valence-corrected chi connectivity index (χ4v) is 2.71. The van der Waals surface area contributed by atoms with Gasteiger partial charge in [-0.25, -0.2) is 0 Å². The lowest BCUT2D eigenvalue weighted by atomic mass is 10.1. The topological polar surface area (TPSA) is 33.7 Å². The maximum absolute atomic E-state index is 6.20. The molecule has 0 saturated heterocycles. The number of benzene rings is 1. The van der Waals surface area contributed by atoms with Gasteiger partial charge in [-0.05, 0) is 31.3 Å². The monoisotopic (exact) mass is 336 g/mol. The molecule has 0 amide bonds. The van der Waals surface area contributed by atoms with Crippen LogP contribution in [-0.4, -0.2) is 24.2 Å². The van der Waals surface area contributed by atoms with Gasteiger partial charge in [-0.15, -0.1) is 0 Å². The van der Waals surface area contributed by atoms with E-state index in [-0.39, 0.29) is 0 Å². The minimum Gasteiger partial charge on any atom is -0.501 e. The highest BCUT2D eigenvalue weighted by Crippen LogP contribution is 2.39. The number of anilines is 1. The second kappa shape index (κ2) is 6.42. The third-order valence-corrected chi connectivity index (χ3v) is 3.88. The number of hydrogen-bond donors (Lipinski definition) is 1. The third kappa shape index (κ3) is 2.96. The van der Waals surface area contributed by atoms with E-state index in [1.807, 2.05) is 6.92 Å². The number of thiocarbonyl (C=S) groups is 1. The molecule has 0 radical (unpaired) electrons. The van der Waals surface area contributed by atoms with Crippen LogP contribution in [0.15, 0.2) is 42.8 Å². The Hall–Kier alpha value is -1.98. The van der Waals surface area contributed by atoms with Crippen LogP contribution in [0.2, 0.25) is 5.02 Å². The Labute approximate surface area is 140 Å². The van der Waals surface area contributed by atoms with Crippen LogP contribution in [0.3, 0.4) is 0 Å². The van der Waals surface area contributed by atoms with Crippen LogP contribution in [0.5, 0.6) is 5.75 Å². The molecule has 0 fully saturated rings. The zero-order chi connectivity index (χ0) is 16.4. The Morgan fingerprint density at radius 3 is 2.68 bits per heavy atom. The second-order valence-electron chi connectivity index (χ2n) is 4.70. The number of methoxy groups -OCH3 is 2. The Balaban J connectivity index is 2.44. The van der Waals surface area contributed by atoms with Crippen molar-refractivity contribution in [2.24, 2.45) is 0 Å². The van der Waals surface area contributed by atoms with Crippen LogP contribution >= 0.6 is 23.8 Å². The molecule has 0 aromatic heterocycles. The minimum absolute atomic E-state index is 0.479. The van der Waals surface area contributed by atoms with Gasteiger partial charge in [-0.1, -0.05) is 24.8 Å². The fraction of sp³-hybridized carbons (Fsp3) is 0.188. The molecule has 2 rings (SSSR count). The smallest absolute Gasteiger partial charge is 0.182 e. The molecule has 0 bridgehead atoms. The molecule has 4 nitrogen and oxygen atoms in total. The first-order valence-corrected chi connectivity index (χ1v) is 7.26. The van der Waals surface area contributed by atoms with Crippen molar-refractivity contribution in [1.29, 1.82) is 0 Å². The van der Waals surface area contributed by atoms with Crippen LogP contribution < -0.4 is 10.1 Å². The van der Waals surface area contributed by atoms with Crippen molar-refractivity contribution in [2.75, 3.05) is 19.5 Å². The summed E-state index contributed by atoms with van der Waals surface area (Å²) in [4.78, 5) is 1.74. The van der Waals surface area contributed by atoms with Crippen LogP contribution in [-0.2, 0) is 4.74 Å². The van der Waals surface area contributed by atoms with Crippen molar-refractivity contribution in [2.45, 2.75) is 6.92 Å². The SMILES string of the molecule is C=C(/C=C(\C)OC)N1C(=C)c2cc(Cl)c(OC)cc2NC1=S. The van der Waals surface area contributed by atoms with Crippen molar-refractivity contribution in [3.05, 3.63) is 53.4 Å². The summed E-state index contributed by atoms with van der Waals surface area (Å²) in [5, 5.41) is 4.13. The van der Waals surface area contributed by atoms with Gasteiger partial charge in [-0.3, -0.25) is 4.90 Å². The van der Waals surface area contributed by atoms with Crippen molar-refractivity contribution in [3.8, 4) is 5.75 Å². The predicted molar refractivity (Wildman–Crippen MR) is 95.0 cm³/mol. The second-order valence-corrected chi connectivity index (χ2v) is 5.49. The zero-order valence-corrected chi connectivity index (χ0v) is 14.3. The van der Waals surface area contributed by atoms with Gasteiger partial charge in [0.2, 0.25) is 0 Å². The Kier molecular flexibility index (Phi) is 4.78. The number of allylic oxidation sites excluding steroid dienone is 2. The summed E-state index contributed by atoms with van der Waals surface area (Å²) >= 11 is 11.6. The third-order valence-electron chi connectivity index (χ3n) is 3.30. The summed E-state index contributed by atoms with van der Waals surface area (Å²) in [7, 11) is 3.16. The average molecular weight is 337 g/mol. The van der Waals surface area contributed by atoms with Gasteiger partial charge in [0.05, 0.1) is 36.4 Å².